The molecule has 2 heterocycles. The van der Waals surface area contributed by atoms with Gasteiger partial charge >= 0.3 is 0 Å². The Balaban J connectivity index is 1.44. The summed E-state index contributed by atoms with van der Waals surface area (Å²) in [5.74, 6) is 0. The smallest absolute Gasteiger partial charge is 0.122 e. The average Bonchev–Trinajstić information content (AvgIpc) is 3.22. The first-order valence-electron chi connectivity index (χ1n) is 9.75. The lowest BCUT2D eigenvalue weighted by Crippen LogP contribution is -2.38. The highest BCUT2D eigenvalue weighted by Gasteiger charge is 2.60. The standard InChI is InChI=1S/C23H27NO4/c1-23(2)22(28-23)21-19(25)20(26-15-17-11-7-4-8-12-17)18(27-21)14-24-13-16-9-5-3-6-10-16/h3-12,14,18-22,25H,13,15H2,1-2H3/t18-,19+,20+,21?,22?/m1/s1. The van der Waals surface area contributed by atoms with Crippen LogP contribution in [0.2, 0.25) is 0 Å². The fourth-order valence-corrected chi connectivity index (χ4v) is 3.65. The van der Waals surface area contributed by atoms with Crippen LogP contribution in [0.1, 0.15) is 25.0 Å². The molecule has 2 aromatic carbocycles. The molecule has 0 bridgehead atoms. The minimum absolute atomic E-state index is 0.127. The van der Waals surface area contributed by atoms with Gasteiger partial charge in [-0.2, -0.15) is 0 Å². The molecule has 5 heteroatoms. The van der Waals surface area contributed by atoms with Crippen LogP contribution >= 0.6 is 0 Å². The van der Waals surface area contributed by atoms with E-state index in [1.54, 1.807) is 6.21 Å². The van der Waals surface area contributed by atoms with E-state index in [4.69, 9.17) is 14.2 Å². The number of nitrogens with zero attached hydrogens (tertiary/aromatic N) is 1. The van der Waals surface area contributed by atoms with Gasteiger partial charge in [0.1, 0.15) is 30.5 Å². The van der Waals surface area contributed by atoms with Gasteiger partial charge in [-0.1, -0.05) is 60.7 Å². The fourth-order valence-electron chi connectivity index (χ4n) is 3.65. The Morgan fingerprint density at radius 1 is 1.04 bits per heavy atom. The zero-order valence-corrected chi connectivity index (χ0v) is 16.3. The molecule has 0 spiro atoms. The molecule has 2 aliphatic rings. The third kappa shape index (κ3) is 4.33. The Kier molecular flexibility index (Phi) is 5.60. The third-order valence-electron chi connectivity index (χ3n) is 5.32. The Labute approximate surface area is 166 Å². The molecule has 2 aromatic rings. The zero-order valence-electron chi connectivity index (χ0n) is 16.3. The van der Waals surface area contributed by atoms with Crippen molar-refractivity contribution in [3.63, 3.8) is 0 Å². The first kappa shape index (κ1) is 19.3. The van der Waals surface area contributed by atoms with E-state index < -0.39 is 24.4 Å². The van der Waals surface area contributed by atoms with Gasteiger partial charge in [-0.15, -0.1) is 0 Å². The summed E-state index contributed by atoms with van der Waals surface area (Å²) in [4.78, 5) is 4.53. The first-order chi connectivity index (χ1) is 13.5. The maximum absolute atomic E-state index is 10.9. The van der Waals surface area contributed by atoms with Crippen LogP contribution < -0.4 is 0 Å². The van der Waals surface area contributed by atoms with Crippen LogP contribution in [0, 0.1) is 0 Å². The predicted molar refractivity (Wildman–Crippen MR) is 107 cm³/mol. The van der Waals surface area contributed by atoms with E-state index in [2.05, 4.69) is 4.99 Å². The van der Waals surface area contributed by atoms with Crippen molar-refractivity contribution in [2.24, 2.45) is 4.99 Å². The molecule has 0 saturated carbocycles. The van der Waals surface area contributed by atoms with Crippen molar-refractivity contribution in [3.8, 4) is 0 Å². The maximum Gasteiger partial charge on any atom is 0.122 e. The lowest BCUT2D eigenvalue weighted by Gasteiger charge is -2.19. The van der Waals surface area contributed by atoms with Crippen LogP contribution in [0.5, 0.6) is 0 Å². The van der Waals surface area contributed by atoms with E-state index in [-0.39, 0.29) is 11.7 Å². The minimum atomic E-state index is -0.760. The van der Waals surface area contributed by atoms with Crippen molar-refractivity contribution in [2.75, 3.05) is 0 Å². The van der Waals surface area contributed by atoms with E-state index in [9.17, 15) is 5.11 Å². The molecular weight excluding hydrogens is 354 g/mol. The highest BCUT2D eigenvalue weighted by atomic mass is 16.7. The second-order valence-electron chi connectivity index (χ2n) is 7.93. The van der Waals surface area contributed by atoms with Gasteiger partial charge in [-0.25, -0.2) is 0 Å². The molecule has 0 aromatic heterocycles. The van der Waals surface area contributed by atoms with Gasteiger partial charge in [-0.05, 0) is 25.0 Å². The molecule has 2 fully saturated rings. The zero-order chi connectivity index (χ0) is 19.6. The number of hydrogen-bond donors (Lipinski definition) is 1. The maximum atomic E-state index is 10.9. The highest BCUT2D eigenvalue weighted by Crippen LogP contribution is 2.43. The molecule has 5 atom stereocenters. The number of hydrogen-bond acceptors (Lipinski definition) is 5. The minimum Gasteiger partial charge on any atom is -0.387 e. The van der Waals surface area contributed by atoms with Gasteiger partial charge in [0.25, 0.3) is 0 Å². The van der Waals surface area contributed by atoms with Crippen LogP contribution in [-0.2, 0) is 27.4 Å². The first-order valence-corrected chi connectivity index (χ1v) is 9.75. The molecule has 2 unspecified atom stereocenters. The highest BCUT2D eigenvalue weighted by molar-refractivity contribution is 5.65. The largest absolute Gasteiger partial charge is 0.387 e. The SMILES string of the molecule is CC1(C)OC1C1O[C@H](C=NCc2ccccc2)[C@H](OCc2ccccc2)[C@@H]1O. The summed E-state index contributed by atoms with van der Waals surface area (Å²) in [5, 5.41) is 10.9. The van der Waals surface area contributed by atoms with E-state index >= 15 is 0 Å². The molecule has 0 amide bonds. The molecule has 4 rings (SSSR count). The Morgan fingerprint density at radius 3 is 2.25 bits per heavy atom. The van der Waals surface area contributed by atoms with Gasteiger partial charge in [0, 0.05) is 6.21 Å². The van der Waals surface area contributed by atoms with Crippen LogP contribution in [0.3, 0.4) is 0 Å². The summed E-state index contributed by atoms with van der Waals surface area (Å²) in [6.45, 7) is 4.99. The normalized spacial score (nSPS) is 31.3. The molecule has 0 aliphatic carbocycles. The topological polar surface area (TPSA) is 63.6 Å². The summed E-state index contributed by atoms with van der Waals surface area (Å²) < 4.78 is 17.9. The van der Waals surface area contributed by atoms with Crippen LogP contribution in [0.15, 0.2) is 65.7 Å². The quantitative estimate of drug-likeness (QED) is 0.591. The van der Waals surface area contributed by atoms with Gasteiger partial charge in [-0.3, -0.25) is 4.99 Å². The van der Waals surface area contributed by atoms with Crippen LogP contribution in [0.4, 0.5) is 0 Å². The van der Waals surface area contributed by atoms with Crippen molar-refractivity contribution < 1.29 is 19.3 Å². The fraction of sp³-hybridized carbons (Fsp3) is 0.435. The number of benzene rings is 2. The van der Waals surface area contributed by atoms with Crippen LogP contribution in [-0.4, -0.2) is 47.4 Å². The van der Waals surface area contributed by atoms with Crippen molar-refractivity contribution in [1.29, 1.82) is 0 Å². The lowest BCUT2D eigenvalue weighted by molar-refractivity contribution is -0.0332. The molecule has 5 nitrogen and oxygen atoms in total. The number of ether oxygens (including phenoxy) is 3. The van der Waals surface area contributed by atoms with E-state index in [1.165, 1.54) is 0 Å². The molecule has 28 heavy (non-hydrogen) atoms. The summed E-state index contributed by atoms with van der Waals surface area (Å²) in [7, 11) is 0. The summed E-state index contributed by atoms with van der Waals surface area (Å²) in [6.07, 6.45) is -0.427. The average molecular weight is 381 g/mol. The molecule has 0 radical (unpaired) electrons. The van der Waals surface area contributed by atoms with Gasteiger partial charge < -0.3 is 19.3 Å². The van der Waals surface area contributed by atoms with Crippen molar-refractivity contribution in [2.45, 2.75) is 63.1 Å². The van der Waals surface area contributed by atoms with Crippen molar-refractivity contribution in [3.05, 3.63) is 71.8 Å². The number of aliphatic hydroxyl groups excluding tert-OH is 1. The van der Waals surface area contributed by atoms with E-state index in [1.807, 2.05) is 74.5 Å². The van der Waals surface area contributed by atoms with Gasteiger partial charge in [0.2, 0.25) is 0 Å². The Bertz CT molecular complexity index is 793. The Morgan fingerprint density at radius 2 is 1.64 bits per heavy atom. The van der Waals surface area contributed by atoms with Crippen molar-refractivity contribution in [1.82, 2.24) is 0 Å². The third-order valence-corrected chi connectivity index (χ3v) is 5.32. The lowest BCUT2D eigenvalue weighted by atomic mass is 10.00. The number of aliphatic imine (C=N–C) groups is 1. The predicted octanol–water partition coefficient (Wildman–Crippen LogP) is 3.15. The number of rotatable bonds is 7. The van der Waals surface area contributed by atoms with E-state index in [0.29, 0.717) is 13.2 Å². The van der Waals surface area contributed by atoms with Gasteiger partial charge in [0.15, 0.2) is 0 Å². The second-order valence-corrected chi connectivity index (χ2v) is 7.93. The monoisotopic (exact) mass is 381 g/mol. The molecule has 2 aliphatic heterocycles. The summed E-state index contributed by atoms with van der Waals surface area (Å²) in [6, 6.07) is 20.0. The number of aliphatic hydroxyl groups is 1. The molecule has 2 saturated heterocycles. The Hall–Kier alpha value is -2.05. The van der Waals surface area contributed by atoms with E-state index in [0.717, 1.165) is 11.1 Å². The molecule has 1 N–H and O–H groups in total. The van der Waals surface area contributed by atoms with Gasteiger partial charge in [0.05, 0.1) is 18.8 Å². The summed E-state index contributed by atoms with van der Waals surface area (Å²) in [5.41, 5.74) is 1.91. The molecule has 148 valence electrons. The van der Waals surface area contributed by atoms with Crippen molar-refractivity contribution >= 4 is 6.21 Å². The van der Waals surface area contributed by atoms with Crippen LogP contribution in [0.25, 0.3) is 0 Å². The molecular formula is C23H27NO4. The second kappa shape index (κ2) is 8.13. The number of epoxide rings is 1. The summed E-state index contributed by atoms with van der Waals surface area (Å²) >= 11 is 0.